The van der Waals surface area contributed by atoms with Gasteiger partial charge in [-0.05, 0) is 33.6 Å². The summed E-state index contributed by atoms with van der Waals surface area (Å²) in [6.45, 7) is 0.329. The summed E-state index contributed by atoms with van der Waals surface area (Å²) >= 11 is 3.13. The number of rotatable bonds is 4. The molecule has 0 saturated carbocycles. The van der Waals surface area contributed by atoms with Crippen LogP contribution in [0.3, 0.4) is 0 Å². The Kier molecular flexibility index (Phi) is 4.41. The summed E-state index contributed by atoms with van der Waals surface area (Å²) in [4.78, 5) is 22.6. The van der Waals surface area contributed by atoms with E-state index in [1.165, 1.54) is 6.26 Å². The molecule has 3 amide bonds. The molecule has 0 bridgehead atoms. The maximum absolute atomic E-state index is 11.8. The average Bonchev–Trinajstić information content (AvgIpc) is 2.82. The van der Waals surface area contributed by atoms with Crippen molar-refractivity contribution in [3.63, 3.8) is 0 Å². The number of primary amides is 1. The smallest absolute Gasteiger partial charge is 0.316 e. The second-order valence-electron chi connectivity index (χ2n) is 4.01. The lowest BCUT2D eigenvalue weighted by atomic mass is 10.2. The molecule has 0 aliphatic carbocycles. The first kappa shape index (κ1) is 14.1. The van der Waals surface area contributed by atoms with Gasteiger partial charge >= 0.3 is 6.03 Å². The van der Waals surface area contributed by atoms with Crippen molar-refractivity contribution in [2.24, 2.45) is 5.73 Å². The lowest BCUT2D eigenvalue weighted by Crippen LogP contribution is -2.22. The Bertz CT molecular complexity index is 639. The molecule has 1 aromatic carbocycles. The summed E-state index contributed by atoms with van der Waals surface area (Å²) in [6.07, 6.45) is 1.37. The lowest BCUT2D eigenvalue weighted by Gasteiger charge is -2.06. The second kappa shape index (κ2) is 6.25. The van der Waals surface area contributed by atoms with Crippen LogP contribution in [-0.4, -0.2) is 11.9 Å². The van der Waals surface area contributed by atoms with Crippen molar-refractivity contribution < 1.29 is 14.0 Å². The van der Waals surface area contributed by atoms with Gasteiger partial charge < -0.3 is 20.8 Å². The Morgan fingerprint density at radius 2 is 2.10 bits per heavy atom. The Morgan fingerprint density at radius 1 is 1.30 bits per heavy atom. The maximum atomic E-state index is 11.8. The largest absolute Gasteiger partial charge is 0.457 e. The molecule has 0 saturated heterocycles. The fourth-order valence-corrected chi connectivity index (χ4v) is 1.95. The highest BCUT2D eigenvalue weighted by Gasteiger charge is 2.08. The number of anilines is 1. The van der Waals surface area contributed by atoms with Crippen molar-refractivity contribution in [3.05, 3.63) is 52.4 Å². The molecule has 0 radical (unpaired) electrons. The number of hydrogen-bond acceptors (Lipinski definition) is 3. The molecule has 2 aromatic rings. The highest BCUT2D eigenvalue weighted by molar-refractivity contribution is 9.10. The minimum Gasteiger partial charge on any atom is -0.457 e. The fourth-order valence-electron chi connectivity index (χ4n) is 1.61. The summed E-state index contributed by atoms with van der Waals surface area (Å²) < 4.78 is 5.49. The predicted molar refractivity (Wildman–Crippen MR) is 77.2 cm³/mol. The van der Waals surface area contributed by atoms with E-state index < -0.39 is 6.03 Å². The molecule has 1 heterocycles. The van der Waals surface area contributed by atoms with Gasteiger partial charge in [-0.25, -0.2) is 4.79 Å². The number of carbonyl (C=O) groups is 2. The van der Waals surface area contributed by atoms with Gasteiger partial charge in [0.25, 0.3) is 5.91 Å². The third-order valence-electron chi connectivity index (χ3n) is 2.48. The van der Waals surface area contributed by atoms with E-state index in [1.807, 2.05) is 6.07 Å². The first-order chi connectivity index (χ1) is 9.54. The molecular weight excluding hydrogens is 326 g/mol. The molecule has 7 heteroatoms. The van der Waals surface area contributed by atoms with E-state index >= 15 is 0 Å². The Labute approximate surface area is 123 Å². The van der Waals surface area contributed by atoms with E-state index in [4.69, 9.17) is 10.2 Å². The first-order valence-electron chi connectivity index (χ1n) is 5.72. The number of nitrogens with one attached hydrogen (secondary N) is 2. The quantitative estimate of drug-likeness (QED) is 0.799. The van der Waals surface area contributed by atoms with Gasteiger partial charge in [-0.15, -0.1) is 0 Å². The Morgan fingerprint density at radius 3 is 2.75 bits per heavy atom. The Balaban J connectivity index is 1.97. The lowest BCUT2D eigenvalue weighted by molar-refractivity contribution is 0.0950. The van der Waals surface area contributed by atoms with Crippen molar-refractivity contribution in [1.29, 1.82) is 0 Å². The average molecular weight is 338 g/mol. The minimum atomic E-state index is -0.630. The van der Waals surface area contributed by atoms with Gasteiger partial charge in [0.05, 0.1) is 5.56 Å². The van der Waals surface area contributed by atoms with E-state index in [0.717, 1.165) is 5.56 Å². The van der Waals surface area contributed by atoms with Crippen LogP contribution in [0.2, 0.25) is 0 Å². The zero-order chi connectivity index (χ0) is 14.5. The summed E-state index contributed by atoms with van der Waals surface area (Å²) in [5.74, 6) is -0.243. The summed E-state index contributed by atoms with van der Waals surface area (Å²) in [5.41, 5.74) is 6.89. The fraction of sp³-hybridized carbons (Fsp3) is 0.0769. The number of benzene rings is 1. The molecule has 0 unspecified atom stereocenters. The molecule has 20 heavy (non-hydrogen) atoms. The molecule has 0 aliphatic heterocycles. The molecule has 0 atom stereocenters. The first-order valence-corrected chi connectivity index (χ1v) is 6.51. The highest BCUT2D eigenvalue weighted by atomic mass is 79.9. The number of carbonyl (C=O) groups excluding carboxylic acids is 2. The maximum Gasteiger partial charge on any atom is 0.316 e. The number of halogens is 1. The van der Waals surface area contributed by atoms with Gasteiger partial charge in [0.1, 0.15) is 6.26 Å². The SMILES string of the molecule is NC(=O)Nc1cccc(CNC(=O)c2coc(Br)c2)c1. The van der Waals surface area contributed by atoms with Crippen LogP contribution in [0.4, 0.5) is 10.5 Å². The van der Waals surface area contributed by atoms with E-state index in [0.29, 0.717) is 22.5 Å². The second-order valence-corrected chi connectivity index (χ2v) is 4.79. The van der Waals surface area contributed by atoms with Crippen molar-refractivity contribution in [3.8, 4) is 0 Å². The van der Waals surface area contributed by atoms with E-state index in [9.17, 15) is 9.59 Å². The highest BCUT2D eigenvalue weighted by Crippen LogP contribution is 2.14. The molecule has 0 aliphatic rings. The standard InChI is InChI=1S/C13H12BrN3O3/c14-11-5-9(7-20-11)12(18)16-6-8-2-1-3-10(4-8)17-13(15)19/h1-5,7H,6H2,(H,16,18)(H3,15,17,19). The van der Waals surface area contributed by atoms with Crippen LogP contribution in [0.5, 0.6) is 0 Å². The van der Waals surface area contributed by atoms with Gasteiger partial charge in [0, 0.05) is 18.3 Å². The van der Waals surface area contributed by atoms with Crippen molar-refractivity contribution in [2.75, 3.05) is 5.32 Å². The predicted octanol–water partition coefficient (Wildman–Crippen LogP) is 2.46. The summed E-state index contributed by atoms with van der Waals surface area (Å²) in [7, 11) is 0. The van der Waals surface area contributed by atoms with Crippen LogP contribution in [0.1, 0.15) is 15.9 Å². The number of hydrogen-bond donors (Lipinski definition) is 3. The molecule has 1 aromatic heterocycles. The van der Waals surface area contributed by atoms with Crippen molar-refractivity contribution in [1.82, 2.24) is 5.32 Å². The van der Waals surface area contributed by atoms with Crippen LogP contribution in [0.25, 0.3) is 0 Å². The van der Waals surface area contributed by atoms with Crippen LogP contribution in [0.15, 0.2) is 45.7 Å². The molecule has 0 spiro atoms. The number of urea groups is 1. The van der Waals surface area contributed by atoms with Crippen LogP contribution >= 0.6 is 15.9 Å². The monoisotopic (exact) mass is 337 g/mol. The van der Waals surface area contributed by atoms with Crippen LogP contribution in [0, 0.1) is 0 Å². The number of amides is 3. The van der Waals surface area contributed by atoms with Crippen LogP contribution < -0.4 is 16.4 Å². The van der Waals surface area contributed by atoms with Gasteiger partial charge in [-0.2, -0.15) is 0 Å². The third kappa shape index (κ3) is 3.86. The third-order valence-corrected chi connectivity index (χ3v) is 2.89. The molecular formula is C13H12BrN3O3. The molecule has 2 rings (SSSR count). The van der Waals surface area contributed by atoms with Crippen molar-refractivity contribution in [2.45, 2.75) is 6.54 Å². The molecule has 104 valence electrons. The zero-order valence-electron chi connectivity index (χ0n) is 10.4. The van der Waals surface area contributed by atoms with Gasteiger partial charge in [-0.1, -0.05) is 12.1 Å². The molecule has 0 fully saturated rings. The normalized spacial score (nSPS) is 10.1. The van der Waals surface area contributed by atoms with E-state index in [2.05, 4.69) is 26.6 Å². The van der Waals surface area contributed by atoms with Gasteiger partial charge in [0.15, 0.2) is 4.67 Å². The molecule has 4 N–H and O–H groups in total. The molecule has 6 nitrogen and oxygen atoms in total. The van der Waals surface area contributed by atoms with Crippen LogP contribution in [-0.2, 0) is 6.54 Å². The van der Waals surface area contributed by atoms with E-state index in [1.54, 1.807) is 24.3 Å². The zero-order valence-corrected chi connectivity index (χ0v) is 11.9. The van der Waals surface area contributed by atoms with E-state index in [-0.39, 0.29) is 5.91 Å². The number of nitrogens with two attached hydrogens (primary N) is 1. The number of furan rings is 1. The topological polar surface area (TPSA) is 97.4 Å². The summed E-state index contributed by atoms with van der Waals surface area (Å²) in [6, 6.07) is 7.99. The summed E-state index contributed by atoms with van der Waals surface area (Å²) in [5, 5.41) is 5.22. The Hall–Kier alpha value is -2.28. The van der Waals surface area contributed by atoms with Gasteiger partial charge in [0.2, 0.25) is 0 Å². The van der Waals surface area contributed by atoms with Crippen molar-refractivity contribution >= 4 is 33.6 Å². The minimum absolute atomic E-state index is 0.243. The van der Waals surface area contributed by atoms with Gasteiger partial charge in [-0.3, -0.25) is 4.79 Å².